The zero-order chi connectivity index (χ0) is 27.3. The molecule has 2 N–H and O–H groups in total. The van der Waals surface area contributed by atoms with E-state index in [-0.39, 0.29) is 5.92 Å². The third-order valence-electron chi connectivity index (χ3n) is 7.53. The van der Waals surface area contributed by atoms with E-state index < -0.39 is 29.7 Å². The lowest BCUT2D eigenvalue weighted by Crippen LogP contribution is -2.44. The van der Waals surface area contributed by atoms with Crippen molar-refractivity contribution >= 4 is 16.9 Å². The number of hydrogen-bond donors (Lipinski definition) is 2. The van der Waals surface area contributed by atoms with E-state index in [1.165, 1.54) is 12.1 Å². The largest absolute Gasteiger partial charge is 0.497 e. The number of halogens is 3. The van der Waals surface area contributed by atoms with Crippen LogP contribution in [-0.2, 0) is 17.4 Å². The van der Waals surface area contributed by atoms with E-state index in [2.05, 4.69) is 9.88 Å². The molecule has 0 aliphatic carbocycles. The Morgan fingerprint density at radius 2 is 1.95 bits per heavy atom. The van der Waals surface area contributed by atoms with Gasteiger partial charge in [0.1, 0.15) is 5.75 Å². The van der Waals surface area contributed by atoms with Crippen molar-refractivity contribution in [3.05, 3.63) is 71.4 Å². The minimum absolute atomic E-state index is 0.0454. The first kappa shape index (κ1) is 27.9. The van der Waals surface area contributed by atoms with Crippen LogP contribution < -0.4 is 4.74 Å². The second-order valence-corrected chi connectivity index (χ2v) is 9.97. The highest BCUT2D eigenvalue weighted by Crippen LogP contribution is 2.34. The molecule has 1 aliphatic heterocycles. The Bertz CT molecular complexity index is 1230. The maximum absolute atomic E-state index is 12.7. The lowest BCUT2D eigenvalue weighted by molar-refractivity contribution is -0.146. The Kier molecular flexibility index (Phi) is 8.89. The molecule has 204 valence electrons. The third-order valence-corrected chi connectivity index (χ3v) is 7.53. The number of hydrogen-bond acceptors (Lipinski definition) is 5. The molecule has 2 aromatic carbocycles. The molecule has 2 heterocycles. The number of aromatic nitrogens is 1. The van der Waals surface area contributed by atoms with Gasteiger partial charge >= 0.3 is 12.1 Å². The third kappa shape index (κ3) is 6.82. The van der Waals surface area contributed by atoms with Crippen molar-refractivity contribution < 1.29 is 32.9 Å². The number of benzene rings is 2. The number of aryl methyl sites for hydroxylation is 1. The van der Waals surface area contributed by atoms with Crippen LogP contribution in [0, 0.1) is 11.8 Å². The number of ether oxygens (including phenoxy) is 1. The van der Waals surface area contributed by atoms with Crippen LogP contribution in [0.5, 0.6) is 5.75 Å². The molecule has 9 heteroatoms. The summed E-state index contributed by atoms with van der Waals surface area (Å²) in [5.41, 5.74) is 1.68. The summed E-state index contributed by atoms with van der Waals surface area (Å²) >= 11 is 0. The van der Waals surface area contributed by atoms with Gasteiger partial charge in [0.25, 0.3) is 0 Å². The van der Waals surface area contributed by atoms with E-state index >= 15 is 0 Å². The minimum atomic E-state index is -4.34. The number of piperidine rings is 1. The fourth-order valence-electron chi connectivity index (χ4n) is 5.36. The van der Waals surface area contributed by atoms with Gasteiger partial charge < -0.3 is 19.8 Å². The molecule has 0 saturated carbocycles. The van der Waals surface area contributed by atoms with Gasteiger partial charge in [-0.25, -0.2) is 0 Å². The van der Waals surface area contributed by atoms with Crippen molar-refractivity contribution in [3.8, 4) is 5.75 Å². The van der Waals surface area contributed by atoms with E-state index in [0.29, 0.717) is 38.1 Å². The van der Waals surface area contributed by atoms with Gasteiger partial charge in [-0.3, -0.25) is 9.78 Å². The molecule has 6 nitrogen and oxygen atoms in total. The van der Waals surface area contributed by atoms with Crippen LogP contribution in [0.25, 0.3) is 10.9 Å². The van der Waals surface area contributed by atoms with Gasteiger partial charge in [0.2, 0.25) is 0 Å². The lowest BCUT2D eigenvalue weighted by Gasteiger charge is -2.37. The van der Waals surface area contributed by atoms with Gasteiger partial charge in [-0.15, -0.1) is 0 Å². The van der Waals surface area contributed by atoms with Gasteiger partial charge in [0.05, 0.1) is 30.2 Å². The number of fused-ring (bicyclic) bond motifs is 1. The molecule has 3 atom stereocenters. The smallest absolute Gasteiger partial charge is 0.416 e. The summed E-state index contributed by atoms with van der Waals surface area (Å²) < 4.78 is 43.6. The van der Waals surface area contributed by atoms with Crippen LogP contribution in [0.3, 0.4) is 0 Å². The van der Waals surface area contributed by atoms with Gasteiger partial charge in [-0.05, 0) is 98.6 Å². The molecule has 4 rings (SSSR count). The van der Waals surface area contributed by atoms with Crippen molar-refractivity contribution in [1.82, 2.24) is 9.88 Å². The number of aliphatic hydroxyl groups excluding tert-OH is 1. The SMILES string of the molecule is COc1ccc2nccc([C@H](O)CC[C@@H]3CCN(CCCc4ccc(C(F)(F)F)cc4)C[C@@H]3C(=O)O)c2c1. The van der Waals surface area contributed by atoms with Crippen LogP contribution in [0.2, 0.25) is 0 Å². The Hall–Kier alpha value is -3.17. The minimum Gasteiger partial charge on any atom is -0.497 e. The standard InChI is InChI=1S/C29H33F3N2O4/c1-38-22-9-10-26-24(17-22)23(12-14-33-26)27(35)11-6-20-13-16-34(18-25(20)28(36)37)15-2-3-19-4-7-21(8-5-19)29(30,31)32/h4-5,7-10,12,14,17,20,25,27,35H,2-3,6,11,13,15-16,18H2,1H3,(H,36,37)/t20-,25+,27-/m1/s1. The van der Waals surface area contributed by atoms with Gasteiger partial charge in [-0.1, -0.05) is 12.1 Å². The van der Waals surface area contributed by atoms with Crippen LogP contribution in [0.1, 0.15) is 48.5 Å². The molecule has 1 saturated heterocycles. The normalized spacial score (nSPS) is 19.4. The molecule has 0 unspecified atom stereocenters. The van der Waals surface area contributed by atoms with E-state index in [0.717, 1.165) is 53.5 Å². The lowest BCUT2D eigenvalue weighted by atomic mass is 9.81. The number of carboxylic acids is 1. The topological polar surface area (TPSA) is 82.9 Å². The Morgan fingerprint density at radius 1 is 1.18 bits per heavy atom. The highest BCUT2D eigenvalue weighted by molar-refractivity contribution is 5.83. The van der Waals surface area contributed by atoms with Crippen molar-refractivity contribution in [2.24, 2.45) is 11.8 Å². The monoisotopic (exact) mass is 530 g/mol. The molecule has 3 aromatic rings. The average Bonchev–Trinajstić information content (AvgIpc) is 2.91. The number of aliphatic hydroxyl groups is 1. The molecule has 0 spiro atoms. The summed E-state index contributed by atoms with van der Waals surface area (Å²) in [6.45, 7) is 1.87. The molecule has 38 heavy (non-hydrogen) atoms. The zero-order valence-electron chi connectivity index (χ0n) is 21.3. The van der Waals surface area contributed by atoms with Crippen LogP contribution >= 0.6 is 0 Å². The number of pyridine rings is 1. The van der Waals surface area contributed by atoms with E-state index in [4.69, 9.17) is 4.74 Å². The van der Waals surface area contributed by atoms with Crippen molar-refractivity contribution in [2.75, 3.05) is 26.7 Å². The highest BCUT2D eigenvalue weighted by Gasteiger charge is 2.34. The first-order chi connectivity index (χ1) is 18.2. The van der Waals surface area contributed by atoms with E-state index in [1.807, 2.05) is 18.2 Å². The molecular formula is C29H33F3N2O4. The van der Waals surface area contributed by atoms with Gasteiger partial charge in [0, 0.05) is 18.1 Å². The fraction of sp³-hybridized carbons (Fsp3) is 0.448. The summed E-state index contributed by atoms with van der Waals surface area (Å²) in [5, 5.41) is 21.7. The summed E-state index contributed by atoms with van der Waals surface area (Å²) in [6.07, 6.45) is -0.310. The number of aliphatic carboxylic acids is 1. The average molecular weight is 531 g/mol. The van der Waals surface area contributed by atoms with Gasteiger partial charge in [-0.2, -0.15) is 13.2 Å². The fourth-order valence-corrected chi connectivity index (χ4v) is 5.36. The number of likely N-dealkylation sites (tertiary alicyclic amines) is 1. The molecule has 1 aromatic heterocycles. The number of nitrogens with zero attached hydrogens (tertiary/aromatic N) is 2. The van der Waals surface area contributed by atoms with Gasteiger partial charge in [0.15, 0.2) is 0 Å². The molecule has 0 amide bonds. The number of rotatable bonds is 10. The number of methoxy groups -OCH3 is 1. The molecule has 0 radical (unpaired) electrons. The van der Waals surface area contributed by atoms with Crippen LogP contribution in [0.4, 0.5) is 13.2 Å². The Morgan fingerprint density at radius 3 is 2.63 bits per heavy atom. The van der Waals surface area contributed by atoms with Crippen molar-refractivity contribution in [3.63, 3.8) is 0 Å². The molecule has 1 fully saturated rings. The van der Waals surface area contributed by atoms with E-state index in [9.17, 15) is 28.2 Å². The van der Waals surface area contributed by atoms with Crippen LogP contribution in [0.15, 0.2) is 54.7 Å². The second-order valence-electron chi connectivity index (χ2n) is 9.97. The summed E-state index contributed by atoms with van der Waals surface area (Å²) in [5.74, 6) is -0.737. The summed E-state index contributed by atoms with van der Waals surface area (Å²) in [6, 6.07) is 12.5. The quantitative estimate of drug-likeness (QED) is 0.348. The van der Waals surface area contributed by atoms with E-state index in [1.54, 1.807) is 19.4 Å². The van der Waals surface area contributed by atoms with Crippen molar-refractivity contribution in [1.29, 1.82) is 0 Å². The van der Waals surface area contributed by atoms with Crippen molar-refractivity contribution in [2.45, 2.75) is 44.4 Å². The number of carbonyl (C=O) groups is 1. The van der Waals surface area contributed by atoms with Crippen LogP contribution in [-0.4, -0.2) is 52.8 Å². The number of alkyl halides is 3. The first-order valence-corrected chi connectivity index (χ1v) is 12.9. The summed E-state index contributed by atoms with van der Waals surface area (Å²) in [7, 11) is 1.58. The predicted molar refractivity (Wildman–Crippen MR) is 138 cm³/mol. The molecule has 0 bridgehead atoms. The Balaban J connectivity index is 1.30. The molecule has 1 aliphatic rings. The zero-order valence-corrected chi connectivity index (χ0v) is 21.3. The maximum Gasteiger partial charge on any atom is 0.416 e. The Labute approximate surface area is 220 Å². The highest BCUT2D eigenvalue weighted by atomic mass is 19.4. The summed E-state index contributed by atoms with van der Waals surface area (Å²) in [4.78, 5) is 18.6. The number of carboxylic acid groups (broad SMARTS) is 1. The maximum atomic E-state index is 12.7. The second kappa shape index (κ2) is 12.1. The predicted octanol–water partition coefficient (Wildman–Crippen LogP) is 5.73. The molecular weight excluding hydrogens is 497 g/mol. The first-order valence-electron chi connectivity index (χ1n) is 12.9.